The smallest absolute Gasteiger partial charge is 0.163 e. The monoisotopic (exact) mass is 419 g/mol. The van der Waals surface area contributed by atoms with Crippen LogP contribution in [0.25, 0.3) is 10.9 Å². The minimum Gasteiger partial charge on any atom is -0.297 e. The Hall–Kier alpha value is -2.11. The second-order valence-electron chi connectivity index (χ2n) is 8.93. The van der Waals surface area contributed by atoms with Gasteiger partial charge in [0.1, 0.15) is 0 Å². The summed E-state index contributed by atoms with van der Waals surface area (Å²) in [5.74, 6) is 1.63. The number of thiazole rings is 1. The van der Waals surface area contributed by atoms with Gasteiger partial charge < -0.3 is 0 Å². The maximum Gasteiger partial charge on any atom is 0.163 e. The van der Waals surface area contributed by atoms with Crippen LogP contribution < -0.4 is 0 Å². The SMILES string of the molecule is O=C(CC1CCC(CCN2CCc3scnc3C2)CC1)c1cccc2ncccc12. The molecule has 1 fully saturated rings. The van der Waals surface area contributed by atoms with E-state index in [-0.39, 0.29) is 5.78 Å². The number of fused-ring (bicyclic) bond motifs is 2. The third-order valence-corrected chi connectivity index (χ3v) is 7.93. The van der Waals surface area contributed by atoms with Gasteiger partial charge in [-0.15, -0.1) is 11.3 Å². The van der Waals surface area contributed by atoms with E-state index in [2.05, 4.69) is 14.9 Å². The number of rotatable bonds is 6. The van der Waals surface area contributed by atoms with Gasteiger partial charge >= 0.3 is 0 Å². The van der Waals surface area contributed by atoms with Crippen molar-refractivity contribution in [3.05, 3.63) is 58.2 Å². The number of carbonyl (C=O) groups is 1. The van der Waals surface area contributed by atoms with Crippen molar-refractivity contribution in [3.8, 4) is 0 Å². The molecule has 4 nitrogen and oxygen atoms in total. The zero-order chi connectivity index (χ0) is 20.3. The van der Waals surface area contributed by atoms with Crippen molar-refractivity contribution in [1.82, 2.24) is 14.9 Å². The Balaban J connectivity index is 1.10. The first kappa shape index (κ1) is 19.8. The van der Waals surface area contributed by atoms with Gasteiger partial charge in [-0.2, -0.15) is 0 Å². The van der Waals surface area contributed by atoms with Crippen molar-refractivity contribution in [3.63, 3.8) is 0 Å². The molecule has 1 aromatic carbocycles. The third-order valence-electron chi connectivity index (χ3n) is 6.99. The Morgan fingerprint density at radius 1 is 1.07 bits per heavy atom. The molecule has 1 saturated carbocycles. The highest BCUT2D eigenvalue weighted by molar-refractivity contribution is 7.09. The summed E-state index contributed by atoms with van der Waals surface area (Å²) in [6.07, 6.45) is 9.84. The van der Waals surface area contributed by atoms with Gasteiger partial charge in [-0.3, -0.25) is 14.7 Å². The zero-order valence-electron chi connectivity index (χ0n) is 17.4. The minimum absolute atomic E-state index is 0.282. The Labute approximate surface area is 182 Å². The summed E-state index contributed by atoms with van der Waals surface area (Å²) >= 11 is 1.81. The average Bonchev–Trinajstić information content (AvgIpc) is 3.26. The standard InChI is InChI=1S/C25H29N3OS/c29-24(21-3-1-5-22-20(21)4-2-12-26-22)15-19-8-6-18(7-9-19)10-13-28-14-11-25-23(16-28)27-17-30-25/h1-5,12,17-19H,6-11,13-16H2. The molecule has 0 radical (unpaired) electrons. The van der Waals surface area contributed by atoms with Crippen LogP contribution >= 0.6 is 11.3 Å². The molecule has 1 aliphatic carbocycles. The summed E-state index contributed by atoms with van der Waals surface area (Å²) in [7, 11) is 0. The summed E-state index contributed by atoms with van der Waals surface area (Å²) in [5, 5.41) is 0.989. The molecule has 156 valence electrons. The molecule has 0 spiro atoms. The van der Waals surface area contributed by atoms with Gasteiger partial charge in [0.2, 0.25) is 0 Å². The van der Waals surface area contributed by atoms with Crippen LogP contribution in [0.15, 0.2) is 42.0 Å². The van der Waals surface area contributed by atoms with Crippen molar-refractivity contribution in [2.75, 3.05) is 13.1 Å². The molecule has 0 bridgehead atoms. The first-order chi connectivity index (χ1) is 14.8. The Bertz CT molecular complexity index is 1020. The van der Waals surface area contributed by atoms with E-state index in [0.29, 0.717) is 12.3 Å². The number of hydrogen-bond acceptors (Lipinski definition) is 5. The Morgan fingerprint density at radius 2 is 1.93 bits per heavy atom. The molecule has 2 aliphatic rings. The lowest BCUT2D eigenvalue weighted by Crippen LogP contribution is -2.32. The van der Waals surface area contributed by atoms with Gasteiger partial charge in [0.05, 0.1) is 16.7 Å². The van der Waals surface area contributed by atoms with Gasteiger partial charge in [0, 0.05) is 41.5 Å². The molecule has 0 amide bonds. The third kappa shape index (κ3) is 4.33. The number of Topliss-reactive ketones (excluding diaryl/α,β-unsaturated/α-hetero) is 1. The lowest BCUT2D eigenvalue weighted by Gasteiger charge is -2.31. The first-order valence-electron chi connectivity index (χ1n) is 11.3. The van der Waals surface area contributed by atoms with Crippen LogP contribution in [-0.2, 0) is 13.0 Å². The van der Waals surface area contributed by atoms with Crippen LogP contribution in [0.3, 0.4) is 0 Å². The molecule has 0 atom stereocenters. The number of ketones is 1. The molecule has 1 aliphatic heterocycles. The highest BCUT2D eigenvalue weighted by Gasteiger charge is 2.25. The fraction of sp³-hybridized carbons (Fsp3) is 0.480. The molecule has 30 heavy (non-hydrogen) atoms. The maximum atomic E-state index is 13.0. The average molecular weight is 420 g/mol. The lowest BCUT2D eigenvalue weighted by molar-refractivity contribution is 0.0941. The molecule has 2 aromatic heterocycles. The van der Waals surface area contributed by atoms with Gasteiger partial charge in [0.25, 0.3) is 0 Å². The summed E-state index contributed by atoms with van der Waals surface area (Å²) in [5.41, 5.74) is 5.05. The van der Waals surface area contributed by atoms with Crippen molar-refractivity contribution in [2.24, 2.45) is 11.8 Å². The van der Waals surface area contributed by atoms with Gasteiger partial charge in [-0.05, 0) is 56.2 Å². The number of hydrogen-bond donors (Lipinski definition) is 0. The molecule has 5 heteroatoms. The van der Waals surface area contributed by atoms with Crippen LogP contribution in [0, 0.1) is 11.8 Å². The minimum atomic E-state index is 0.282. The van der Waals surface area contributed by atoms with E-state index in [1.54, 1.807) is 6.20 Å². The second-order valence-corrected chi connectivity index (χ2v) is 9.87. The van der Waals surface area contributed by atoms with Crippen molar-refractivity contribution in [2.45, 2.75) is 51.5 Å². The topological polar surface area (TPSA) is 46.1 Å². The molecule has 0 saturated heterocycles. The predicted octanol–water partition coefficient (Wildman–Crippen LogP) is 5.52. The summed E-state index contributed by atoms with van der Waals surface area (Å²) in [6, 6.07) is 9.83. The lowest BCUT2D eigenvalue weighted by atomic mass is 9.78. The Kier molecular flexibility index (Phi) is 5.91. The van der Waals surface area contributed by atoms with Crippen molar-refractivity contribution in [1.29, 1.82) is 0 Å². The molecule has 0 unspecified atom stereocenters. The molecule has 3 heterocycles. The molecular weight excluding hydrogens is 390 g/mol. The largest absolute Gasteiger partial charge is 0.297 e. The molecule has 5 rings (SSSR count). The molecule has 0 N–H and O–H groups in total. The quantitative estimate of drug-likeness (QED) is 0.494. The van der Waals surface area contributed by atoms with Crippen molar-refractivity contribution < 1.29 is 4.79 Å². The molecular formula is C25H29N3OS. The van der Waals surface area contributed by atoms with E-state index < -0.39 is 0 Å². The summed E-state index contributed by atoms with van der Waals surface area (Å²) in [6.45, 7) is 3.40. The van der Waals surface area contributed by atoms with Crippen molar-refractivity contribution >= 4 is 28.0 Å². The van der Waals surface area contributed by atoms with E-state index in [0.717, 1.165) is 28.9 Å². The summed E-state index contributed by atoms with van der Waals surface area (Å²) < 4.78 is 0. The number of aromatic nitrogens is 2. The van der Waals surface area contributed by atoms with Gasteiger partial charge in [-0.1, -0.05) is 31.0 Å². The van der Waals surface area contributed by atoms with Gasteiger partial charge in [-0.25, -0.2) is 4.98 Å². The van der Waals surface area contributed by atoms with E-state index in [1.807, 2.05) is 47.2 Å². The highest BCUT2D eigenvalue weighted by Crippen LogP contribution is 2.34. The highest BCUT2D eigenvalue weighted by atomic mass is 32.1. The van der Waals surface area contributed by atoms with Crippen LogP contribution in [-0.4, -0.2) is 33.7 Å². The summed E-state index contributed by atoms with van der Waals surface area (Å²) in [4.78, 5) is 26.0. The van der Waals surface area contributed by atoms with E-state index in [9.17, 15) is 4.79 Å². The van der Waals surface area contributed by atoms with E-state index in [1.165, 1.54) is 62.2 Å². The second kappa shape index (κ2) is 8.94. The number of pyridine rings is 1. The number of carbonyl (C=O) groups excluding carboxylic acids is 1. The van der Waals surface area contributed by atoms with E-state index >= 15 is 0 Å². The fourth-order valence-corrected chi connectivity index (χ4v) is 5.94. The van der Waals surface area contributed by atoms with Crippen LogP contribution in [0.1, 0.15) is 59.5 Å². The van der Waals surface area contributed by atoms with Crippen LogP contribution in [0.5, 0.6) is 0 Å². The maximum absolute atomic E-state index is 13.0. The fourth-order valence-electron chi connectivity index (χ4n) is 5.18. The van der Waals surface area contributed by atoms with Crippen LogP contribution in [0.2, 0.25) is 0 Å². The molecule has 3 aromatic rings. The predicted molar refractivity (Wildman–Crippen MR) is 122 cm³/mol. The normalized spacial score (nSPS) is 22.1. The van der Waals surface area contributed by atoms with Gasteiger partial charge in [0.15, 0.2) is 5.78 Å². The Morgan fingerprint density at radius 3 is 2.83 bits per heavy atom. The number of benzene rings is 1. The van der Waals surface area contributed by atoms with Crippen LogP contribution in [0.4, 0.5) is 0 Å². The number of nitrogens with zero attached hydrogens (tertiary/aromatic N) is 3. The zero-order valence-corrected chi connectivity index (χ0v) is 18.2. The first-order valence-corrected chi connectivity index (χ1v) is 12.1. The van der Waals surface area contributed by atoms with E-state index in [4.69, 9.17) is 0 Å².